The first kappa shape index (κ1) is 14.8. The molecule has 2 aromatic rings. The normalized spacial score (nSPS) is 21.5. The number of benzene rings is 1. The molecule has 1 fully saturated rings. The highest BCUT2D eigenvalue weighted by Gasteiger charge is 2.23. The van der Waals surface area contributed by atoms with Crippen LogP contribution in [0.2, 0.25) is 0 Å². The molecule has 1 aromatic carbocycles. The number of hydrogen-bond donors (Lipinski definition) is 1. The fraction of sp³-hybridized carbons (Fsp3) is 0.412. The predicted octanol–water partition coefficient (Wildman–Crippen LogP) is 2.86. The van der Waals surface area contributed by atoms with Gasteiger partial charge in [0.05, 0.1) is 12.5 Å². The molecule has 0 atom stereocenters. The SMILES string of the molecule is O=C(Cc1ccc(F)cc1)NC1CCC(n2cccn2)CC1. The van der Waals surface area contributed by atoms with Crippen molar-refractivity contribution in [1.82, 2.24) is 15.1 Å². The van der Waals surface area contributed by atoms with Crippen LogP contribution in [0.15, 0.2) is 42.7 Å². The summed E-state index contributed by atoms with van der Waals surface area (Å²) in [7, 11) is 0. The average molecular weight is 301 g/mol. The minimum atomic E-state index is -0.277. The van der Waals surface area contributed by atoms with Gasteiger partial charge in [0.2, 0.25) is 5.91 Å². The summed E-state index contributed by atoms with van der Waals surface area (Å²) >= 11 is 0. The number of nitrogens with zero attached hydrogens (tertiary/aromatic N) is 2. The van der Waals surface area contributed by atoms with Gasteiger partial charge in [0, 0.05) is 18.4 Å². The van der Waals surface area contributed by atoms with Crippen molar-refractivity contribution in [2.75, 3.05) is 0 Å². The minimum absolute atomic E-state index is 0.00847. The summed E-state index contributed by atoms with van der Waals surface area (Å²) in [6, 6.07) is 8.71. The smallest absolute Gasteiger partial charge is 0.224 e. The fourth-order valence-electron chi connectivity index (χ4n) is 3.05. The first-order chi connectivity index (χ1) is 10.7. The zero-order valence-electron chi connectivity index (χ0n) is 12.4. The van der Waals surface area contributed by atoms with Crippen molar-refractivity contribution >= 4 is 5.91 Å². The van der Waals surface area contributed by atoms with E-state index in [1.807, 2.05) is 16.9 Å². The van der Waals surface area contributed by atoms with E-state index in [9.17, 15) is 9.18 Å². The van der Waals surface area contributed by atoms with E-state index >= 15 is 0 Å². The van der Waals surface area contributed by atoms with Gasteiger partial charge in [0.15, 0.2) is 0 Å². The second kappa shape index (κ2) is 6.73. The van der Waals surface area contributed by atoms with E-state index in [0.717, 1.165) is 31.2 Å². The van der Waals surface area contributed by atoms with E-state index in [4.69, 9.17) is 0 Å². The molecule has 0 spiro atoms. The molecule has 0 radical (unpaired) electrons. The monoisotopic (exact) mass is 301 g/mol. The highest BCUT2D eigenvalue weighted by Crippen LogP contribution is 2.27. The molecule has 1 amide bonds. The number of nitrogens with one attached hydrogen (secondary N) is 1. The predicted molar refractivity (Wildman–Crippen MR) is 81.8 cm³/mol. The van der Waals surface area contributed by atoms with E-state index in [-0.39, 0.29) is 17.8 Å². The van der Waals surface area contributed by atoms with Crippen molar-refractivity contribution < 1.29 is 9.18 Å². The van der Waals surface area contributed by atoms with Crippen LogP contribution in [0, 0.1) is 5.82 Å². The van der Waals surface area contributed by atoms with Gasteiger partial charge >= 0.3 is 0 Å². The third kappa shape index (κ3) is 3.72. The number of amides is 1. The maximum absolute atomic E-state index is 12.8. The minimum Gasteiger partial charge on any atom is -0.353 e. The largest absolute Gasteiger partial charge is 0.353 e. The fourth-order valence-corrected chi connectivity index (χ4v) is 3.05. The molecule has 4 nitrogen and oxygen atoms in total. The zero-order chi connectivity index (χ0) is 15.4. The zero-order valence-corrected chi connectivity index (χ0v) is 12.4. The summed E-state index contributed by atoms with van der Waals surface area (Å²) in [5.74, 6) is -0.268. The summed E-state index contributed by atoms with van der Waals surface area (Å²) in [6.07, 6.45) is 8.11. The molecule has 1 N–H and O–H groups in total. The average Bonchev–Trinajstić information content (AvgIpc) is 3.05. The number of aromatic nitrogens is 2. The van der Waals surface area contributed by atoms with Gasteiger partial charge in [-0.15, -0.1) is 0 Å². The molecule has 5 heteroatoms. The third-order valence-electron chi connectivity index (χ3n) is 4.24. The third-order valence-corrected chi connectivity index (χ3v) is 4.24. The molecule has 22 heavy (non-hydrogen) atoms. The van der Waals surface area contributed by atoms with Crippen molar-refractivity contribution in [3.05, 3.63) is 54.1 Å². The van der Waals surface area contributed by atoms with Crippen LogP contribution in [0.1, 0.15) is 37.3 Å². The highest BCUT2D eigenvalue weighted by molar-refractivity contribution is 5.78. The second-order valence-electron chi connectivity index (χ2n) is 5.86. The quantitative estimate of drug-likeness (QED) is 0.944. The first-order valence-electron chi connectivity index (χ1n) is 7.73. The summed E-state index contributed by atoms with van der Waals surface area (Å²) in [5, 5.41) is 7.37. The van der Waals surface area contributed by atoms with Crippen LogP contribution < -0.4 is 5.32 Å². The molecule has 0 bridgehead atoms. The lowest BCUT2D eigenvalue weighted by Gasteiger charge is -2.29. The van der Waals surface area contributed by atoms with Gasteiger partial charge in [-0.25, -0.2) is 4.39 Å². The maximum atomic E-state index is 12.8. The van der Waals surface area contributed by atoms with Crippen LogP contribution in [-0.2, 0) is 11.2 Å². The number of carbonyl (C=O) groups excluding carboxylic acids is 1. The van der Waals surface area contributed by atoms with E-state index in [0.29, 0.717) is 12.5 Å². The lowest BCUT2D eigenvalue weighted by molar-refractivity contribution is -0.121. The first-order valence-corrected chi connectivity index (χ1v) is 7.73. The Morgan fingerprint density at radius 2 is 1.95 bits per heavy atom. The van der Waals surface area contributed by atoms with E-state index < -0.39 is 0 Å². The molecule has 1 aliphatic carbocycles. The Hall–Kier alpha value is -2.17. The molecule has 3 rings (SSSR count). The number of halogens is 1. The highest BCUT2D eigenvalue weighted by atomic mass is 19.1. The molecule has 1 aromatic heterocycles. The molecule has 0 saturated heterocycles. The van der Waals surface area contributed by atoms with Crippen molar-refractivity contribution in [2.24, 2.45) is 0 Å². The molecular formula is C17H20FN3O. The molecule has 1 saturated carbocycles. The van der Waals surface area contributed by atoms with Crippen LogP contribution >= 0.6 is 0 Å². The molecule has 1 aliphatic rings. The second-order valence-corrected chi connectivity index (χ2v) is 5.86. The topological polar surface area (TPSA) is 46.9 Å². The Labute approximate surface area is 129 Å². The van der Waals surface area contributed by atoms with Gasteiger partial charge in [-0.2, -0.15) is 5.10 Å². The summed E-state index contributed by atoms with van der Waals surface area (Å²) in [5.41, 5.74) is 0.837. The van der Waals surface area contributed by atoms with Crippen LogP contribution in [0.25, 0.3) is 0 Å². The number of hydrogen-bond acceptors (Lipinski definition) is 2. The van der Waals surface area contributed by atoms with Crippen LogP contribution in [-0.4, -0.2) is 21.7 Å². The Morgan fingerprint density at radius 1 is 1.23 bits per heavy atom. The molecule has 0 unspecified atom stereocenters. The van der Waals surface area contributed by atoms with E-state index in [2.05, 4.69) is 10.4 Å². The van der Waals surface area contributed by atoms with Crippen molar-refractivity contribution in [2.45, 2.75) is 44.2 Å². The number of carbonyl (C=O) groups is 1. The summed E-state index contributed by atoms with van der Waals surface area (Å²) < 4.78 is 14.9. The van der Waals surface area contributed by atoms with Gasteiger partial charge < -0.3 is 5.32 Å². The van der Waals surface area contributed by atoms with Crippen LogP contribution in [0.5, 0.6) is 0 Å². The van der Waals surface area contributed by atoms with Gasteiger partial charge in [-0.3, -0.25) is 9.48 Å². The van der Waals surface area contributed by atoms with Gasteiger partial charge in [0.1, 0.15) is 5.82 Å². The van der Waals surface area contributed by atoms with Crippen molar-refractivity contribution in [3.8, 4) is 0 Å². The standard InChI is InChI=1S/C17H20FN3O/c18-14-4-2-13(3-5-14)12-17(22)20-15-6-8-16(9-7-15)21-11-1-10-19-21/h1-5,10-11,15-16H,6-9,12H2,(H,20,22). The van der Waals surface area contributed by atoms with Gasteiger partial charge in [-0.05, 0) is 49.4 Å². The van der Waals surface area contributed by atoms with Crippen LogP contribution in [0.3, 0.4) is 0 Å². The Balaban J connectivity index is 1.46. The Bertz CT molecular complexity index is 601. The van der Waals surface area contributed by atoms with Crippen molar-refractivity contribution in [3.63, 3.8) is 0 Å². The van der Waals surface area contributed by atoms with Crippen LogP contribution in [0.4, 0.5) is 4.39 Å². The summed E-state index contributed by atoms with van der Waals surface area (Å²) in [6.45, 7) is 0. The molecule has 116 valence electrons. The Kier molecular flexibility index (Phi) is 4.51. The molecular weight excluding hydrogens is 281 g/mol. The van der Waals surface area contributed by atoms with Crippen molar-refractivity contribution in [1.29, 1.82) is 0 Å². The number of rotatable bonds is 4. The van der Waals surface area contributed by atoms with E-state index in [1.165, 1.54) is 12.1 Å². The van der Waals surface area contributed by atoms with Gasteiger partial charge in [0.25, 0.3) is 0 Å². The maximum Gasteiger partial charge on any atom is 0.224 e. The van der Waals surface area contributed by atoms with Gasteiger partial charge in [-0.1, -0.05) is 12.1 Å². The summed E-state index contributed by atoms with van der Waals surface area (Å²) in [4.78, 5) is 12.1. The Morgan fingerprint density at radius 3 is 2.59 bits per heavy atom. The van der Waals surface area contributed by atoms with E-state index in [1.54, 1.807) is 18.3 Å². The lowest BCUT2D eigenvalue weighted by atomic mass is 9.91. The molecule has 1 heterocycles. The molecule has 0 aliphatic heterocycles. The lowest BCUT2D eigenvalue weighted by Crippen LogP contribution is -2.38.